The molecular formula is C40H44F2N4O6S. The van der Waals surface area contributed by atoms with Gasteiger partial charge in [-0.2, -0.15) is 0 Å². The molecule has 1 fully saturated rings. The van der Waals surface area contributed by atoms with Gasteiger partial charge >= 0.3 is 5.97 Å². The maximum Gasteiger partial charge on any atom is 0.335 e. The van der Waals surface area contributed by atoms with Crippen molar-refractivity contribution in [3.8, 4) is 0 Å². The van der Waals surface area contributed by atoms with Crippen LogP contribution in [0.2, 0.25) is 0 Å². The fourth-order valence-electron chi connectivity index (χ4n) is 7.02. The van der Waals surface area contributed by atoms with Gasteiger partial charge in [0.15, 0.2) is 0 Å². The minimum atomic E-state index is -1.05. The smallest absolute Gasteiger partial charge is 0.335 e. The van der Waals surface area contributed by atoms with Crippen molar-refractivity contribution in [2.75, 3.05) is 37.3 Å². The number of aryl methyl sites for hydroxylation is 2. The summed E-state index contributed by atoms with van der Waals surface area (Å²) in [7, 11) is 2.13. The molecule has 10 nitrogen and oxygen atoms in total. The van der Waals surface area contributed by atoms with Gasteiger partial charge in [-0.25, -0.2) is 13.6 Å². The lowest BCUT2D eigenvalue weighted by atomic mass is 9.95. The molecule has 1 aromatic heterocycles. The molecule has 1 aliphatic heterocycles. The molecular weight excluding hydrogens is 703 g/mol. The number of thiophene rings is 1. The van der Waals surface area contributed by atoms with Gasteiger partial charge in [-0.1, -0.05) is 24.3 Å². The van der Waals surface area contributed by atoms with Crippen LogP contribution < -0.4 is 10.6 Å². The minimum absolute atomic E-state index is 0.00654. The number of rotatable bonds is 10. The lowest BCUT2D eigenvalue weighted by Crippen LogP contribution is -2.57. The van der Waals surface area contributed by atoms with Gasteiger partial charge in [-0.15, -0.1) is 11.3 Å². The van der Waals surface area contributed by atoms with E-state index in [4.69, 9.17) is 15.0 Å². The highest BCUT2D eigenvalue weighted by molar-refractivity contribution is 7.17. The van der Waals surface area contributed by atoms with Crippen LogP contribution in [0, 0.1) is 11.6 Å². The van der Waals surface area contributed by atoms with Crippen LogP contribution in [-0.4, -0.2) is 76.5 Å². The number of nitrogens with zero attached hydrogens (tertiary/aromatic N) is 2. The fraction of sp³-hybridized carbons (Fsp3) is 0.350. The number of likely N-dealkylation sites (N-methyl/N-ethyl adjacent to an activating group) is 1. The van der Waals surface area contributed by atoms with Crippen LogP contribution in [-0.2, 0) is 37.0 Å². The van der Waals surface area contributed by atoms with Crippen LogP contribution in [0.3, 0.4) is 0 Å². The second-order valence-electron chi connectivity index (χ2n) is 14.0. The molecule has 0 saturated carbocycles. The number of hydrogen-bond donors (Lipinski definition) is 4. The molecule has 1 aliphatic carbocycles. The number of aromatic carboxylic acids is 1. The number of anilines is 2. The van der Waals surface area contributed by atoms with Crippen molar-refractivity contribution in [1.29, 1.82) is 0 Å². The number of benzene rings is 3. The summed E-state index contributed by atoms with van der Waals surface area (Å²) in [4.78, 5) is 52.7. The molecule has 4 N–H and O–H groups in total. The van der Waals surface area contributed by atoms with Crippen LogP contribution in [0.5, 0.6) is 0 Å². The summed E-state index contributed by atoms with van der Waals surface area (Å²) >= 11 is 1.39. The van der Waals surface area contributed by atoms with Crippen molar-refractivity contribution >= 4 is 46.3 Å². The van der Waals surface area contributed by atoms with E-state index >= 15 is 8.78 Å². The number of nitrogens with one attached hydrogen (secondary N) is 2. The Morgan fingerprint density at radius 1 is 0.887 bits per heavy atom. The van der Waals surface area contributed by atoms with Gasteiger partial charge < -0.3 is 25.7 Å². The summed E-state index contributed by atoms with van der Waals surface area (Å²) < 4.78 is 30.4. The van der Waals surface area contributed by atoms with Crippen LogP contribution >= 0.6 is 11.3 Å². The van der Waals surface area contributed by atoms with Gasteiger partial charge in [-0.05, 0) is 113 Å². The van der Waals surface area contributed by atoms with Gasteiger partial charge in [-0.3, -0.25) is 19.3 Å². The van der Waals surface area contributed by atoms with Gasteiger partial charge in [0, 0.05) is 53.4 Å². The number of fused-ring (bicyclic) bond motifs is 1. The van der Waals surface area contributed by atoms with E-state index in [1.807, 2.05) is 18.2 Å². The molecule has 0 bridgehead atoms. The average Bonchev–Trinajstić information content (AvgIpc) is 3.47. The maximum absolute atomic E-state index is 15.2. The van der Waals surface area contributed by atoms with Crippen molar-refractivity contribution in [3.63, 3.8) is 0 Å². The second kappa shape index (κ2) is 17.2. The zero-order valence-corrected chi connectivity index (χ0v) is 30.8. The van der Waals surface area contributed by atoms with E-state index < -0.39 is 23.5 Å². The first kappa shape index (κ1) is 39.2. The Morgan fingerprint density at radius 2 is 1.57 bits per heavy atom. The lowest BCUT2D eigenvalue weighted by molar-refractivity contribution is -0.122. The van der Waals surface area contributed by atoms with E-state index in [1.54, 1.807) is 18.2 Å². The zero-order valence-electron chi connectivity index (χ0n) is 30.0. The third kappa shape index (κ3) is 9.72. The van der Waals surface area contributed by atoms with E-state index in [2.05, 4.69) is 41.3 Å². The Kier molecular flexibility index (Phi) is 12.8. The summed E-state index contributed by atoms with van der Waals surface area (Å²) in [6, 6.07) is 15.9. The predicted octanol–water partition coefficient (Wildman–Crippen LogP) is 7.12. The molecule has 0 atom stereocenters. The molecule has 2 aliphatic rings. The largest absolute Gasteiger partial charge is 0.483 e. The Morgan fingerprint density at radius 3 is 2.23 bits per heavy atom. The second-order valence-corrected chi connectivity index (χ2v) is 15.1. The number of hydrogen-bond acceptors (Lipinski definition) is 7. The van der Waals surface area contributed by atoms with E-state index in [-0.39, 0.29) is 41.2 Å². The molecule has 0 spiro atoms. The van der Waals surface area contributed by atoms with Crippen molar-refractivity contribution in [2.24, 2.45) is 0 Å². The molecule has 1 saturated heterocycles. The number of carboxylic acid groups (broad SMARTS) is 2. The van der Waals surface area contributed by atoms with Crippen LogP contribution in [0.25, 0.3) is 0 Å². The maximum atomic E-state index is 15.2. The summed E-state index contributed by atoms with van der Waals surface area (Å²) in [5.74, 6) is -3.48. The van der Waals surface area contributed by atoms with Crippen molar-refractivity contribution in [2.45, 2.75) is 64.5 Å². The molecule has 53 heavy (non-hydrogen) atoms. The molecule has 6 rings (SSSR count). The average molecular weight is 747 g/mol. The van der Waals surface area contributed by atoms with Crippen LogP contribution in [0.15, 0.2) is 60.7 Å². The summed E-state index contributed by atoms with van der Waals surface area (Å²) in [6.45, 7) is 7.79. The molecule has 280 valence electrons. The monoisotopic (exact) mass is 746 g/mol. The van der Waals surface area contributed by atoms with E-state index in [0.717, 1.165) is 72.6 Å². The van der Waals surface area contributed by atoms with Crippen molar-refractivity contribution in [1.82, 2.24) is 9.80 Å². The standard InChI is InChI=1S/C39H42F2N4O4S.CH2O2/c1-39(2)23-44(3)17-18-45(39)22-25-7-6-8-27(19-25)35(46)43-37-34(30-9-4-5-10-33(30)50-37)36(47)42-28-20-31(40)29(32(41)21-28)16-13-24-11-14-26(15-12-24)38(48)49;2-1-3/h6-8,11-12,14-15,19-21H,4-5,9-10,13,16-18,22-23H2,1-3H3,(H,42,47)(H,43,46)(H,48,49);1H,(H,2,3). The molecule has 3 aromatic carbocycles. The van der Waals surface area contributed by atoms with E-state index in [1.165, 1.54) is 23.5 Å². The minimum Gasteiger partial charge on any atom is -0.483 e. The Labute approximate surface area is 311 Å². The first-order chi connectivity index (χ1) is 25.3. The highest BCUT2D eigenvalue weighted by Crippen LogP contribution is 2.39. The fourth-order valence-corrected chi connectivity index (χ4v) is 8.30. The third-order valence-electron chi connectivity index (χ3n) is 9.72. The first-order valence-electron chi connectivity index (χ1n) is 17.5. The number of carbonyl (C=O) groups is 4. The molecule has 2 amide bonds. The Bertz CT molecular complexity index is 1960. The first-order valence-corrected chi connectivity index (χ1v) is 18.3. The van der Waals surface area contributed by atoms with Crippen LogP contribution in [0.1, 0.15) is 84.9 Å². The molecule has 0 radical (unpaired) electrons. The molecule has 2 heterocycles. The van der Waals surface area contributed by atoms with Gasteiger partial charge in [0.1, 0.15) is 16.6 Å². The quantitative estimate of drug-likeness (QED) is 0.126. The highest BCUT2D eigenvalue weighted by atomic mass is 32.1. The normalized spacial score (nSPS) is 15.4. The summed E-state index contributed by atoms with van der Waals surface area (Å²) in [5.41, 5.74) is 3.45. The van der Waals surface area contributed by atoms with Gasteiger partial charge in [0.2, 0.25) is 0 Å². The summed E-state index contributed by atoms with van der Waals surface area (Å²) in [5, 5.41) is 22.1. The van der Waals surface area contributed by atoms with Gasteiger partial charge in [0.25, 0.3) is 18.3 Å². The van der Waals surface area contributed by atoms with Crippen molar-refractivity contribution in [3.05, 3.63) is 116 Å². The molecule has 0 unspecified atom stereocenters. The number of amides is 2. The Balaban J connectivity index is 0.00000175. The van der Waals surface area contributed by atoms with Crippen molar-refractivity contribution < 1.29 is 38.2 Å². The summed E-state index contributed by atoms with van der Waals surface area (Å²) in [6.07, 6.45) is 3.72. The highest BCUT2D eigenvalue weighted by Gasteiger charge is 2.32. The lowest BCUT2D eigenvalue weighted by Gasteiger charge is -2.46. The third-order valence-corrected chi connectivity index (χ3v) is 10.9. The number of halogens is 2. The van der Waals surface area contributed by atoms with Gasteiger partial charge in [0.05, 0.1) is 11.1 Å². The number of carbonyl (C=O) groups excluding carboxylic acids is 2. The topological polar surface area (TPSA) is 139 Å². The Hall–Kier alpha value is -4.98. The van der Waals surface area contributed by atoms with Crippen LogP contribution in [0.4, 0.5) is 19.5 Å². The van der Waals surface area contributed by atoms with E-state index in [9.17, 15) is 14.4 Å². The number of piperazine rings is 1. The molecule has 13 heteroatoms. The van der Waals surface area contributed by atoms with E-state index in [0.29, 0.717) is 35.5 Å². The predicted molar refractivity (Wildman–Crippen MR) is 201 cm³/mol. The molecule has 4 aromatic rings. The number of carboxylic acids is 1. The SMILES string of the molecule is CN1CCN(Cc2cccc(C(=O)Nc3sc4c(c3C(=O)Nc3cc(F)c(CCc5ccc(C(=O)O)cc5)c(F)c3)CCCC4)c2)C(C)(C)C1.O=CO. The zero-order chi connectivity index (χ0) is 38.3.